The number of hydrogen-bond donors (Lipinski definition) is 1. The van der Waals surface area contributed by atoms with Crippen molar-refractivity contribution in [1.82, 2.24) is 5.32 Å². The minimum absolute atomic E-state index is 0.189. The molecule has 42 heavy (non-hydrogen) atoms. The van der Waals surface area contributed by atoms with Crippen LogP contribution in [0.25, 0.3) is 11.1 Å². The zero-order valence-electron chi connectivity index (χ0n) is 21.9. The Bertz CT molecular complexity index is 1510. The first kappa shape index (κ1) is 30.2. The third kappa shape index (κ3) is 7.68. The number of alkyl halides is 6. The van der Waals surface area contributed by atoms with Crippen molar-refractivity contribution >= 4 is 11.9 Å². The van der Waals surface area contributed by atoms with Gasteiger partial charge in [-0.2, -0.15) is 26.3 Å². The Morgan fingerprint density at radius 1 is 0.667 bits per heavy atom. The summed E-state index contributed by atoms with van der Waals surface area (Å²) < 4.78 is 87.2. The monoisotopic (exact) mass is 587 g/mol. The van der Waals surface area contributed by atoms with Gasteiger partial charge in [-0.15, -0.1) is 0 Å². The van der Waals surface area contributed by atoms with Gasteiger partial charge in [0.1, 0.15) is 11.5 Å². The molecule has 4 rings (SSSR count). The highest BCUT2D eigenvalue weighted by Gasteiger charge is 2.31. The van der Waals surface area contributed by atoms with Crippen molar-refractivity contribution in [2.45, 2.75) is 24.8 Å². The summed E-state index contributed by atoms with van der Waals surface area (Å²) >= 11 is 0. The molecule has 4 aromatic carbocycles. The van der Waals surface area contributed by atoms with Crippen molar-refractivity contribution in [1.29, 1.82) is 0 Å². The first-order valence-corrected chi connectivity index (χ1v) is 12.4. The van der Waals surface area contributed by atoms with Crippen LogP contribution in [0.5, 0.6) is 11.5 Å². The fourth-order valence-corrected chi connectivity index (χ4v) is 4.03. The Morgan fingerprint density at radius 2 is 1.10 bits per heavy atom. The summed E-state index contributed by atoms with van der Waals surface area (Å²) in [5.74, 6) is -0.577. The summed E-state index contributed by atoms with van der Waals surface area (Å²) in [6, 6.07) is 20.6. The van der Waals surface area contributed by atoms with Crippen molar-refractivity contribution in [2.24, 2.45) is 0 Å². The molecule has 0 bridgehead atoms. The predicted molar refractivity (Wildman–Crippen MR) is 142 cm³/mol. The average molecular weight is 588 g/mol. The van der Waals surface area contributed by atoms with Crippen molar-refractivity contribution in [3.63, 3.8) is 0 Å². The number of methoxy groups -OCH3 is 1. The molecule has 0 fully saturated rings. The van der Waals surface area contributed by atoms with Gasteiger partial charge in [0.25, 0.3) is 5.91 Å². The summed E-state index contributed by atoms with van der Waals surface area (Å²) in [5.41, 5.74) is 0.365. The molecule has 4 aromatic rings. The van der Waals surface area contributed by atoms with Gasteiger partial charge in [0, 0.05) is 5.56 Å². The molecular weight excluding hydrogens is 564 g/mol. The fraction of sp³-hybridized carbons (Fsp3) is 0.161. The molecule has 1 atom stereocenters. The molecule has 1 unspecified atom stereocenters. The number of ether oxygens (including phenoxy) is 2. The van der Waals surface area contributed by atoms with E-state index in [9.17, 15) is 35.9 Å². The maximum Gasteiger partial charge on any atom is 0.416 e. The number of halogens is 6. The molecule has 0 aromatic heterocycles. The Kier molecular flexibility index (Phi) is 8.89. The molecule has 0 aliphatic rings. The summed E-state index contributed by atoms with van der Waals surface area (Å²) in [4.78, 5) is 25.1. The lowest BCUT2D eigenvalue weighted by Gasteiger charge is -2.19. The molecule has 0 aliphatic heterocycles. The van der Waals surface area contributed by atoms with Crippen LogP contribution < -0.4 is 10.1 Å². The van der Waals surface area contributed by atoms with Gasteiger partial charge >= 0.3 is 18.3 Å². The molecule has 0 saturated heterocycles. The van der Waals surface area contributed by atoms with Crippen LogP contribution in [0.15, 0.2) is 97.1 Å². The van der Waals surface area contributed by atoms with Crippen molar-refractivity contribution in [3.05, 3.63) is 119 Å². The number of carbonyl (C=O) groups is 2. The number of esters is 1. The second-order valence-electron chi connectivity index (χ2n) is 9.15. The second-order valence-corrected chi connectivity index (χ2v) is 9.15. The standard InChI is InChI=1S/C31H23F6NO4/c1-41-28(39)18-27(21-8-14-25(15-9-21)42-26-16-12-24(13-17-26)31(35,36)37)38-29(40)22-4-2-19(3-5-22)20-6-10-23(11-7-20)30(32,33)34/h2-17,27H,18H2,1H3,(H,38,40). The van der Waals surface area contributed by atoms with Gasteiger partial charge in [-0.25, -0.2) is 0 Å². The molecule has 0 aliphatic carbocycles. The van der Waals surface area contributed by atoms with Crippen LogP contribution >= 0.6 is 0 Å². The number of nitrogens with one attached hydrogen (secondary N) is 1. The SMILES string of the molecule is COC(=O)CC(NC(=O)c1ccc(-c2ccc(C(F)(F)F)cc2)cc1)c1ccc(Oc2ccc(C(F)(F)F)cc2)cc1. The molecule has 0 spiro atoms. The highest BCUT2D eigenvalue weighted by atomic mass is 19.4. The third-order valence-corrected chi connectivity index (χ3v) is 6.30. The number of amides is 1. The second kappa shape index (κ2) is 12.4. The lowest BCUT2D eigenvalue weighted by molar-refractivity contribution is -0.141. The van der Waals surface area contributed by atoms with Crippen molar-refractivity contribution < 1.29 is 45.4 Å². The van der Waals surface area contributed by atoms with Gasteiger partial charge in [0.05, 0.1) is 30.7 Å². The van der Waals surface area contributed by atoms with Gasteiger partial charge in [-0.3, -0.25) is 9.59 Å². The van der Waals surface area contributed by atoms with Crippen LogP contribution in [0.1, 0.15) is 39.5 Å². The van der Waals surface area contributed by atoms with E-state index in [0.29, 0.717) is 22.4 Å². The van der Waals surface area contributed by atoms with Gasteiger partial charge in [-0.1, -0.05) is 36.4 Å². The number of rotatable bonds is 8. The summed E-state index contributed by atoms with van der Waals surface area (Å²) in [7, 11) is 1.21. The molecule has 0 heterocycles. The first-order valence-electron chi connectivity index (χ1n) is 12.4. The molecule has 0 radical (unpaired) electrons. The molecular formula is C31H23F6NO4. The van der Waals surface area contributed by atoms with E-state index in [0.717, 1.165) is 24.3 Å². The topological polar surface area (TPSA) is 64.6 Å². The summed E-state index contributed by atoms with van der Waals surface area (Å²) in [6.07, 6.45) is -9.10. The lowest BCUT2D eigenvalue weighted by atomic mass is 10.0. The van der Waals surface area contributed by atoms with Gasteiger partial charge in [0.15, 0.2) is 0 Å². The van der Waals surface area contributed by atoms with Crippen molar-refractivity contribution in [2.75, 3.05) is 7.11 Å². The molecule has 0 saturated carbocycles. The largest absolute Gasteiger partial charge is 0.469 e. The minimum atomic E-state index is -4.46. The number of carbonyl (C=O) groups excluding carboxylic acids is 2. The average Bonchev–Trinajstić information content (AvgIpc) is 2.96. The van der Waals surface area contributed by atoms with Crippen molar-refractivity contribution in [3.8, 4) is 22.6 Å². The van der Waals surface area contributed by atoms with Crippen LogP contribution in [0.2, 0.25) is 0 Å². The van der Waals surface area contributed by atoms with Gasteiger partial charge in [0.2, 0.25) is 0 Å². The van der Waals surface area contributed by atoms with E-state index in [1.54, 1.807) is 36.4 Å². The van der Waals surface area contributed by atoms with E-state index in [1.807, 2.05) is 0 Å². The molecule has 11 heteroatoms. The summed E-state index contributed by atoms with van der Waals surface area (Å²) in [5, 5.41) is 2.78. The Labute approximate surface area is 236 Å². The van der Waals surface area contributed by atoms with Crippen LogP contribution in [0.4, 0.5) is 26.3 Å². The van der Waals surface area contributed by atoms with E-state index in [-0.39, 0.29) is 17.7 Å². The maximum atomic E-state index is 13.0. The number of benzene rings is 4. The normalized spacial score (nSPS) is 12.4. The van der Waals surface area contributed by atoms with E-state index in [4.69, 9.17) is 9.47 Å². The third-order valence-electron chi connectivity index (χ3n) is 6.30. The van der Waals surface area contributed by atoms with Crippen LogP contribution in [0.3, 0.4) is 0 Å². The zero-order valence-corrected chi connectivity index (χ0v) is 21.9. The first-order chi connectivity index (χ1) is 19.8. The molecule has 1 amide bonds. The van der Waals surface area contributed by atoms with E-state index in [2.05, 4.69) is 5.32 Å². The fourth-order valence-electron chi connectivity index (χ4n) is 4.03. The van der Waals surface area contributed by atoms with Crippen LogP contribution in [0, 0.1) is 0 Å². The Balaban J connectivity index is 1.45. The molecule has 5 nitrogen and oxygen atoms in total. The van der Waals surface area contributed by atoms with E-state index < -0.39 is 41.4 Å². The molecule has 1 N–H and O–H groups in total. The number of hydrogen-bond acceptors (Lipinski definition) is 4. The Hall–Kier alpha value is -4.80. The smallest absolute Gasteiger partial charge is 0.416 e. The predicted octanol–water partition coefficient (Wildman–Crippen LogP) is 8.22. The zero-order chi connectivity index (χ0) is 30.5. The maximum absolute atomic E-state index is 13.0. The van der Waals surface area contributed by atoms with Crippen LogP contribution in [-0.2, 0) is 21.9 Å². The lowest BCUT2D eigenvalue weighted by Crippen LogP contribution is -2.30. The van der Waals surface area contributed by atoms with Crippen LogP contribution in [-0.4, -0.2) is 19.0 Å². The van der Waals surface area contributed by atoms with Gasteiger partial charge in [-0.05, 0) is 77.4 Å². The Morgan fingerprint density at radius 3 is 1.55 bits per heavy atom. The van der Waals surface area contributed by atoms with E-state index in [1.165, 1.54) is 43.5 Å². The highest BCUT2D eigenvalue weighted by molar-refractivity contribution is 5.95. The van der Waals surface area contributed by atoms with E-state index >= 15 is 0 Å². The highest BCUT2D eigenvalue weighted by Crippen LogP contribution is 2.33. The summed E-state index contributed by atoms with van der Waals surface area (Å²) in [6.45, 7) is 0. The van der Waals surface area contributed by atoms with Gasteiger partial charge < -0.3 is 14.8 Å². The quantitative estimate of drug-likeness (QED) is 0.167. The molecule has 218 valence electrons. The minimum Gasteiger partial charge on any atom is -0.469 e.